The molecule has 15 heavy (non-hydrogen) atoms. The highest BCUT2D eigenvalue weighted by atomic mass is 79.9. The molecule has 1 aliphatic heterocycles. The quantitative estimate of drug-likeness (QED) is 0.908. The van der Waals surface area contributed by atoms with Gasteiger partial charge in [-0.15, -0.1) is 0 Å². The molecule has 0 radical (unpaired) electrons. The van der Waals surface area contributed by atoms with Gasteiger partial charge in [0.1, 0.15) is 5.41 Å². The zero-order valence-electron chi connectivity index (χ0n) is 8.07. The number of aliphatic carboxylic acids is 1. The largest absolute Gasteiger partial charge is 0.481 e. The molecule has 0 aromatic heterocycles. The van der Waals surface area contributed by atoms with Gasteiger partial charge in [0.15, 0.2) is 0 Å². The van der Waals surface area contributed by atoms with E-state index in [1.807, 2.05) is 24.3 Å². The van der Waals surface area contributed by atoms with Crippen LogP contribution < -0.4 is 0 Å². The lowest BCUT2D eigenvalue weighted by atomic mass is 9.80. The Kier molecular flexibility index (Phi) is 3.07. The number of hydrogen-bond acceptors (Lipinski definition) is 2. The molecular formula is C11H11BrO2S. The summed E-state index contributed by atoms with van der Waals surface area (Å²) in [4.78, 5) is 11.4. The van der Waals surface area contributed by atoms with Crippen molar-refractivity contribution in [3.63, 3.8) is 0 Å². The molecule has 0 aliphatic carbocycles. The van der Waals surface area contributed by atoms with E-state index in [0.29, 0.717) is 5.75 Å². The SMILES string of the molecule is O=C(O)C1(c2ccc(Br)cc2)CCSC1. The Bertz CT molecular complexity index is 369. The van der Waals surface area contributed by atoms with E-state index >= 15 is 0 Å². The third kappa shape index (κ3) is 1.93. The molecule has 1 fully saturated rings. The molecule has 2 nitrogen and oxygen atoms in total. The second kappa shape index (κ2) is 4.18. The first kappa shape index (κ1) is 11.0. The lowest BCUT2D eigenvalue weighted by molar-refractivity contribution is -0.142. The Balaban J connectivity index is 2.41. The molecule has 1 atom stereocenters. The number of benzene rings is 1. The van der Waals surface area contributed by atoms with E-state index in [1.165, 1.54) is 0 Å². The Morgan fingerprint density at radius 3 is 2.53 bits per heavy atom. The van der Waals surface area contributed by atoms with Gasteiger partial charge >= 0.3 is 5.97 Å². The first-order valence-corrected chi connectivity index (χ1v) is 6.67. The minimum absolute atomic E-state index is 0.661. The number of hydrogen-bond donors (Lipinski definition) is 1. The van der Waals surface area contributed by atoms with E-state index in [-0.39, 0.29) is 0 Å². The summed E-state index contributed by atoms with van der Waals surface area (Å²) in [6, 6.07) is 7.63. The Labute approximate surface area is 101 Å². The molecule has 2 rings (SSSR count). The molecule has 1 saturated heterocycles. The molecule has 1 heterocycles. The average Bonchev–Trinajstić information content (AvgIpc) is 2.69. The summed E-state index contributed by atoms with van der Waals surface area (Å²) >= 11 is 5.07. The molecular weight excluding hydrogens is 276 g/mol. The summed E-state index contributed by atoms with van der Waals surface area (Å²) in [6.07, 6.45) is 0.731. The van der Waals surface area contributed by atoms with Crippen molar-refractivity contribution in [1.29, 1.82) is 0 Å². The van der Waals surface area contributed by atoms with Crippen LogP contribution in [0.15, 0.2) is 28.7 Å². The van der Waals surface area contributed by atoms with E-state index in [0.717, 1.165) is 22.2 Å². The number of halogens is 1. The van der Waals surface area contributed by atoms with Gasteiger partial charge in [0.2, 0.25) is 0 Å². The molecule has 1 aromatic rings. The molecule has 0 amide bonds. The van der Waals surface area contributed by atoms with Crippen molar-refractivity contribution in [2.45, 2.75) is 11.8 Å². The van der Waals surface area contributed by atoms with Gasteiger partial charge < -0.3 is 5.11 Å². The molecule has 4 heteroatoms. The fraction of sp³-hybridized carbons (Fsp3) is 0.364. The summed E-state index contributed by atoms with van der Waals surface area (Å²) in [5.74, 6) is 0.918. The van der Waals surface area contributed by atoms with Gasteiger partial charge in [-0.05, 0) is 29.9 Å². The van der Waals surface area contributed by atoms with Gasteiger partial charge in [0.25, 0.3) is 0 Å². The third-order valence-electron chi connectivity index (χ3n) is 2.83. The fourth-order valence-corrected chi connectivity index (χ4v) is 3.54. The van der Waals surface area contributed by atoms with E-state index in [1.54, 1.807) is 11.8 Å². The molecule has 0 saturated carbocycles. The smallest absolute Gasteiger partial charge is 0.315 e. The van der Waals surface area contributed by atoms with Crippen LogP contribution in [0, 0.1) is 0 Å². The second-order valence-electron chi connectivity index (χ2n) is 3.70. The van der Waals surface area contributed by atoms with Gasteiger partial charge in [-0.3, -0.25) is 4.79 Å². The highest BCUT2D eigenvalue weighted by Gasteiger charge is 2.43. The van der Waals surface area contributed by atoms with Crippen LogP contribution in [0.4, 0.5) is 0 Å². The summed E-state index contributed by atoms with van der Waals surface area (Å²) in [6.45, 7) is 0. The van der Waals surface area contributed by atoms with Gasteiger partial charge in [-0.25, -0.2) is 0 Å². The topological polar surface area (TPSA) is 37.3 Å². The van der Waals surface area contributed by atoms with Crippen molar-refractivity contribution < 1.29 is 9.90 Å². The molecule has 0 spiro atoms. The van der Waals surface area contributed by atoms with Crippen LogP contribution in [0.2, 0.25) is 0 Å². The van der Waals surface area contributed by atoms with E-state index < -0.39 is 11.4 Å². The van der Waals surface area contributed by atoms with Gasteiger partial charge in [-0.2, -0.15) is 11.8 Å². The summed E-state index contributed by atoms with van der Waals surface area (Å²) in [5, 5.41) is 9.36. The van der Waals surface area contributed by atoms with Crippen molar-refractivity contribution in [3.05, 3.63) is 34.3 Å². The van der Waals surface area contributed by atoms with Gasteiger partial charge in [0.05, 0.1) is 0 Å². The first-order valence-electron chi connectivity index (χ1n) is 4.72. The highest BCUT2D eigenvalue weighted by Crippen LogP contribution is 2.39. The van der Waals surface area contributed by atoms with Gasteiger partial charge in [0, 0.05) is 10.2 Å². The van der Waals surface area contributed by atoms with Crippen molar-refractivity contribution in [1.82, 2.24) is 0 Å². The molecule has 1 N–H and O–H groups in total. The van der Waals surface area contributed by atoms with Crippen LogP contribution in [0.1, 0.15) is 12.0 Å². The lowest BCUT2D eigenvalue weighted by Crippen LogP contribution is -2.35. The predicted molar refractivity (Wildman–Crippen MR) is 65.4 cm³/mol. The number of carboxylic acid groups (broad SMARTS) is 1. The summed E-state index contributed by atoms with van der Waals surface area (Å²) in [7, 11) is 0. The van der Waals surface area contributed by atoms with E-state index in [2.05, 4.69) is 15.9 Å². The summed E-state index contributed by atoms with van der Waals surface area (Å²) < 4.78 is 0.984. The van der Waals surface area contributed by atoms with Crippen LogP contribution in [0.25, 0.3) is 0 Å². The highest BCUT2D eigenvalue weighted by molar-refractivity contribution is 9.10. The molecule has 80 valence electrons. The maximum Gasteiger partial charge on any atom is 0.315 e. The van der Waals surface area contributed by atoms with E-state index in [9.17, 15) is 9.90 Å². The predicted octanol–water partition coefficient (Wildman–Crippen LogP) is 2.91. The molecule has 1 aromatic carbocycles. The van der Waals surface area contributed by atoms with Crippen LogP contribution in [0.5, 0.6) is 0 Å². The Morgan fingerprint density at radius 2 is 2.07 bits per heavy atom. The van der Waals surface area contributed by atoms with Crippen molar-refractivity contribution in [3.8, 4) is 0 Å². The Morgan fingerprint density at radius 1 is 1.40 bits per heavy atom. The fourth-order valence-electron chi connectivity index (χ4n) is 1.85. The summed E-state index contributed by atoms with van der Waals surface area (Å²) in [5.41, 5.74) is 0.258. The van der Waals surface area contributed by atoms with Crippen LogP contribution >= 0.6 is 27.7 Å². The van der Waals surface area contributed by atoms with E-state index in [4.69, 9.17) is 0 Å². The minimum Gasteiger partial charge on any atom is -0.481 e. The first-order chi connectivity index (χ1) is 7.15. The lowest BCUT2D eigenvalue weighted by Gasteiger charge is -2.23. The zero-order chi connectivity index (χ0) is 10.9. The Hall–Kier alpha value is -0.480. The zero-order valence-corrected chi connectivity index (χ0v) is 10.5. The van der Waals surface area contributed by atoms with Crippen molar-refractivity contribution in [2.24, 2.45) is 0 Å². The number of carboxylic acids is 1. The minimum atomic E-state index is -0.699. The van der Waals surface area contributed by atoms with Crippen LogP contribution in [-0.4, -0.2) is 22.6 Å². The van der Waals surface area contributed by atoms with Crippen molar-refractivity contribution >= 4 is 33.7 Å². The van der Waals surface area contributed by atoms with Crippen LogP contribution in [-0.2, 0) is 10.2 Å². The number of carbonyl (C=O) groups is 1. The monoisotopic (exact) mass is 286 g/mol. The molecule has 1 aliphatic rings. The van der Waals surface area contributed by atoms with Gasteiger partial charge in [-0.1, -0.05) is 28.1 Å². The standard InChI is InChI=1S/C11H11BrO2S/c12-9-3-1-8(2-4-9)11(10(13)14)5-6-15-7-11/h1-4H,5-7H2,(H,13,14). The van der Waals surface area contributed by atoms with Crippen LogP contribution in [0.3, 0.4) is 0 Å². The van der Waals surface area contributed by atoms with Crippen molar-refractivity contribution in [2.75, 3.05) is 11.5 Å². The molecule has 1 unspecified atom stereocenters. The molecule has 0 bridgehead atoms. The maximum absolute atomic E-state index is 11.4. The second-order valence-corrected chi connectivity index (χ2v) is 5.72. The third-order valence-corrected chi connectivity index (χ3v) is 4.55. The average molecular weight is 287 g/mol. The maximum atomic E-state index is 11.4. The number of rotatable bonds is 2. The normalized spacial score (nSPS) is 25.4. The number of thioether (sulfide) groups is 1.